The molecule has 0 amide bonds. The average Bonchev–Trinajstić information content (AvgIpc) is 0.995. The second-order valence-corrected chi connectivity index (χ2v) is 55.1. The van der Waals surface area contributed by atoms with Crippen LogP contribution in [-0.4, -0.2) is 84.9 Å². The van der Waals surface area contributed by atoms with E-state index in [9.17, 15) is 49.5 Å². The van der Waals surface area contributed by atoms with Crippen molar-refractivity contribution in [3.05, 3.63) is 0 Å². The van der Waals surface area contributed by atoms with Gasteiger partial charge in [-0.2, -0.15) is 0 Å². The Labute approximate surface area is 851 Å². The van der Waals surface area contributed by atoms with E-state index < -0.39 is 103 Å². The molecule has 20 saturated carbocycles. The summed E-state index contributed by atoms with van der Waals surface area (Å²) in [6.45, 7) is 43.5. The Morgan fingerprint density at radius 1 is 0.259 bits per heavy atom. The van der Waals surface area contributed by atoms with Gasteiger partial charge in [0.1, 0.15) is 28.9 Å². The van der Waals surface area contributed by atoms with Gasteiger partial charge in [-0.05, 0) is 587 Å². The summed E-state index contributed by atoms with van der Waals surface area (Å²) in [6.07, 6.45) is 24.3. The molecule has 0 heterocycles. The van der Waals surface area contributed by atoms with Crippen LogP contribution in [0.3, 0.4) is 0 Å². The van der Waals surface area contributed by atoms with Gasteiger partial charge in [-0.15, -0.1) is 0 Å². The van der Waals surface area contributed by atoms with Gasteiger partial charge in [-0.1, -0.05) is 104 Å². The van der Waals surface area contributed by atoms with Gasteiger partial charge in [-0.25, -0.2) is 0 Å². The van der Waals surface area contributed by atoms with Crippen LogP contribution in [0.25, 0.3) is 0 Å². The van der Waals surface area contributed by atoms with Crippen molar-refractivity contribution >= 4 is 28.9 Å². The van der Waals surface area contributed by atoms with Gasteiger partial charge in [0, 0.05) is 51.2 Å². The Bertz CT molecular complexity index is 4890. The third-order valence-electron chi connectivity index (χ3n) is 49.0. The zero-order chi connectivity index (χ0) is 112. The largest absolute Gasteiger partial charge is 0.393 e. The van der Waals surface area contributed by atoms with E-state index in [1.165, 1.54) is 116 Å². The second-order valence-electron chi connectivity index (χ2n) is 55.1. The molecule has 5 N–H and O–H groups in total. The lowest BCUT2D eigenvalue weighted by Crippen LogP contribution is -2.54. The molecule has 20 rings (SSSR count). The van der Waals surface area contributed by atoms with E-state index in [0.29, 0.717) is 161 Å². The smallest absolute Gasteiger partial charge is 0.129 e. The zero-order valence-corrected chi connectivity index (χ0v) is 89.2. The van der Waals surface area contributed by atoms with E-state index >= 15 is 0 Å². The fourth-order valence-corrected chi connectivity index (χ4v) is 41.6. The first-order chi connectivity index (χ1) is 70.0. The number of carbonyl (C=O) groups excluding carboxylic acids is 5. The van der Waals surface area contributed by atoms with Crippen molar-refractivity contribution in [2.24, 2.45) is 232 Å². The van der Waals surface area contributed by atoms with Crippen LogP contribution in [0.1, 0.15) is 515 Å². The normalized spacial score (nSPS) is 56.2. The molecule has 20 aliphatic rings. The van der Waals surface area contributed by atoms with Gasteiger partial charge in [0.05, 0.1) is 34.6 Å². The predicted molar refractivity (Wildman–Crippen MR) is 552 cm³/mol. The number of hydrogen-bond acceptors (Lipinski definition) is 10. The zero-order valence-electron chi connectivity index (χ0n) is 106. The van der Waals surface area contributed by atoms with Gasteiger partial charge in [-0.3, -0.25) is 0 Å². The molecule has 0 aliphatic heterocycles. The summed E-state index contributed by atoms with van der Waals surface area (Å²) in [4.78, 5) is 57.9. The highest BCUT2D eigenvalue weighted by Crippen LogP contribution is 2.76. The minimum absolute atomic E-state index is 0.00737. The second kappa shape index (κ2) is 41.8. The first-order valence-corrected chi connectivity index (χ1v) is 57.5. The van der Waals surface area contributed by atoms with E-state index in [1.807, 2.05) is 6.92 Å². The molecule has 0 unspecified atom stereocenters. The van der Waals surface area contributed by atoms with Crippen molar-refractivity contribution < 1.29 is 72.8 Å². The summed E-state index contributed by atoms with van der Waals surface area (Å²) in [5, 5.41) is 52.4. The van der Waals surface area contributed by atoms with E-state index in [-0.39, 0.29) is 83.3 Å². The minimum atomic E-state index is -2.76. The Hall–Kier alpha value is -1.85. The standard InChI is InChI=1S/5C25H42O2/c5*1-16(5-6-17(2)26)21-9-10-22-20-8-7-18-15-19(27)11-13-24(18,3)23(20)12-14-25(21,22)4/h5*16,18-23,27H,5-15H2,1-4H3/t5*16-,18-,19+,20+,21-,22+,23+,24+,25-/m11111/s1/i6D2,11D2,15D2,19D;11D2,15D2,19D;11D2,15D2;19D;. The molecule has 45 atom stereocenters. The highest BCUT2D eigenvalue weighted by Gasteiger charge is 2.68. The average molecular weight is 1890 g/mol. The fraction of sp³-hybridized carbons (Fsp3) is 0.960. The number of carbonyl (C=O) groups is 5. The van der Waals surface area contributed by atoms with Crippen LogP contribution in [-0.2, 0) is 24.0 Å². The third kappa shape index (κ3) is 20.2. The predicted octanol–water partition coefficient (Wildman–Crippen LogP) is 30.1. The van der Waals surface area contributed by atoms with Crippen LogP contribution in [0.15, 0.2) is 0 Å². The van der Waals surface area contributed by atoms with Gasteiger partial charge in [0.25, 0.3) is 0 Å². The van der Waals surface area contributed by atoms with Crippen LogP contribution in [0.5, 0.6) is 0 Å². The molecule has 0 aromatic rings. The van der Waals surface area contributed by atoms with Crippen LogP contribution >= 0.6 is 0 Å². The third-order valence-corrected chi connectivity index (χ3v) is 49.0. The molecule has 0 aromatic carbocycles. The quantitative estimate of drug-likeness (QED) is 0.0785. The number of fused-ring (bicyclic) bond motifs is 25. The van der Waals surface area contributed by atoms with E-state index in [0.717, 1.165) is 188 Å². The molecule has 10 heteroatoms. The number of hydrogen-bond donors (Lipinski definition) is 5. The summed E-state index contributed by atoms with van der Waals surface area (Å²) < 4.78 is 144. The lowest BCUT2D eigenvalue weighted by atomic mass is 9.44. The SMILES string of the molecule is CC(=O)CC[C@@H](C)[C@H]1CC[C@H]2[C@@H]3CC[C@@H]4C[C@@H](O)CC[C@]4(C)[C@H]3CC[C@]12C.[2H]C([2H])(C[C@@H](C)[C@H]1CC[C@H]2[C@@H]3CC[C@@H]4C([2H])([2H])[C@@]([2H])(O)C([2H])([2H])C[C@]4(C)[C@H]3CC[C@]12C)C(C)=O.[2H]C1([2H])C[C@@]2(C)[C@H](CC[C@@H]3[C@@H]2CC[C@]2(C)[C@@H]([C@H](C)CCC(C)=O)CC[C@@H]32)C([2H])([2H])[C@@]1([2H])O.[2H]C1([2H])C[C@@]2(C)[C@H](CC[C@@H]3[C@@H]2CC[C@]2(C)[C@@H]([C@H](C)CCC(C)=O)CC[C@@H]32)C([2H])([2H])[C@H]1O.[2H][C@]1(O)CC[C@@]2(C)[C@H](CC[C@@H]3[C@@H]2CC[C@]2(C)[C@@H]([C@H](C)CCC(C)=O)CC[C@@H]32)C1. The lowest BCUT2D eigenvalue weighted by Gasteiger charge is -2.61. The summed E-state index contributed by atoms with van der Waals surface area (Å²) in [5.74, 6) is 15.5. The molecule has 20 aliphatic carbocycles. The van der Waals surface area contributed by atoms with Crippen molar-refractivity contribution in [2.45, 2.75) is 522 Å². The van der Waals surface area contributed by atoms with Crippen LogP contribution in [0, 0.1) is 232 Å². The summed E-state index contributed by atoms with van der Waals surface area (Å²) in [7, 11) is 0. The molecule has 0 radical (unpaired) electrons. The monoisotopic (exact) mass is 1890 g/mol. The Kier molecular flexibility index (Phi) is 26.4. The molecule has 770 valence electrons. The summed E-state index contributed by atoms with van der Waals surface area (Å²) in [6, 6.07) is 0. The highest BCUT2D eigenvalue weighted by atomic mass is 16.3. The summed E-state index contributed by atoms with van der Waals surface area (Å²) in [5.41, 5.74) is 0.825. The Morgan fingerprint density at radius 2 is 0.504 bits per heavy atom. The van der Waals surface area contributed by atoms with Crippen LogP contribution in [0.4, 0.5) is 0 Å². The molecule has 0 aromatic heterocycles. The number of aliphatic hydroxyl groups excluding tert-OH is 2. The molecule has 0 bridgehead atoms. The maximum Gasteiger partial charge on any atom is 0.129 e. The summed E-state index contributed by atoms with van der Waals surface area (Å²) >= 11 is 0. The number of ketones is 5. The first-order valence-electron chi connectivity index (χ1n) is 66.0. The Balaban J connectivity index is 0.000000135. The molecule has 20 fully saturated rings. The van der Waals surface area contributed by atoms with Crippen molar-refractivity contribution in [3.8, 4) is 0 Å². The maximum absolute atomic E-state index is 11.8. The maximum atomic E-state index is 11.8. The number of Topliss-reactive ketones (excluding diaryl/α,β-unsaturated/α-hetero) is 5. The molecular weight excluding hydrogens is 1660 g/mol. The van der Waals surface area contributed by atoms with Gasteiger partial charge < -0.3 is 49.5 Å². The van der Waals surface area contributed by atoms with Crippen molar-refractivity contribution in [3.63, 3.8) is 0 Å². The van der Waals surface area contributed by atoms with E-state index in [4.69, 9.17) is 23.3 Å². The minimum Gasteiger partial charge on any atom is -0.393 e. The lowest BCUT2D eigenvalue weighted by molar-refractivity contribution is -0.129. The van der Waals surface area contributed by atoms with E-state index in [2.05, 4.69) is 96.9 Å². The molecule has 135 heavy (non-hydrogen) atoms. The van der Waals surface area contributed by atoms with Gasteiger partial charge >= 0.3 is 0 Å². The number of aliphatic hydroxyl groups is 5. The van der Waals surface area contributed by atoms with Crippen molar-refractivity contribution in [1.29, 1.82) is 0 Å². The fourth-order valence-electron chi connectivity index (χ4n) is 41.6. The molecule has 10 nitrogen and oxygen atoms in total. The number of rotatable bonds is 20. The molecular formula is C125H210O10. The van der Waals surface area contributed by atoms with Crippen molar-refractivity contribution in [1.82, 2.24) is 0 Å². The molecule has 0 saturated heterocycles. The van der Waals surface area contributed by atoms with E-state index in [1.54, 1.807) is 27.7 Å². The van der Waals surface area contributed by atoms with Gasteiger partial charge in [0.15, 0.2) is 0 Å². The molecule has 0 spiro atoms. The Morgan fingerprint density at radius 3 is 0.800 bits per heavy atom. The van der Waals surface area contributed by atoms with Crippen LogP contribution in [0.2, 0.25) is 0 Å². The first kappa shape index (κ1) is 85.3. The topological polar surface area (TPSA) is 186 Å². The van der Waals surface area contributed by atoms with Crippen LogP contribution < -0.4 is 0 Å². The van der Waals surface area contributed by atoms with Crippen molar-refractivity contribution in [2.75, 3.05) is 0 Å². The van der Waals surface area contributed by atoms with Gasteiger partial charge in [0.2, 0.25) is 0 Å². The highest BCUT2D eigenvalue weighted by molar-refractivity contribution is 5.76.